The van der Waals surface area contributed by atoms with Gasteiger partial charge in [-0.05, 0) is 62.6 Å². The number of fused-ring (bicyclic) bond motifs is 1. The summed E-state index contributed by atoms with van der Waals surface area (Å²) in [5.74, 6) is -0.124. The van der Waals surface area contributed by atoms with Crippen molar-refractivity contribution in [2.45, 2.75) is 84.3 Å². The van der Waals surface area contributed by atoms with E-state index in [-0.39, 0.29) is 36.2 Å². The number of hydrogen-bond donors (Lipinski definition) is 2. The Bertz CT molecular complexity index is 1390. The van der Waals surface area contributed by atoms with Crippen molar-refractivity contribution in [2.24, 2.45) is 17.3 Å². The number of esters is 1. The summed E-state index contributed by atoms with van der Waals surface area (Å²) in [7, 11) is 1.31. The van der Waals surface area contributed by atoms with E-state index in [0.717, 1.165) is 37.8 Å². The fourth-order valence-corrected chi connectivity index (χ4v) is 6.27. The first kappa shape index (κ1) is 27.8. The van der Waals surface area contributed by atoms with E-state index in [1.807, 2.05) is 26.1 Å². The molecule has 0 spiro atoms. The Morgan fingerprint density at radius 3 is 2.65 bits per heavy atom. The molecule has 2 fully saturated rings. The van der Waals surface area contributed by atoms with Gasteiger partial charge >= 0.3 is 5.97 Å². The summed E-state index contributed by atoms with van der Waals surface area (Å²) in [5, 5.41) is 15.2. The van der Waals surface area contributed by atoms with E-state index in [1.165, 1.54) is 7.11 Å². The molecule has 1 aliphatic carbocycles. The number of carbonyl (C=O) groups is 3. The Kier molecular flexibility index (Phi) is 7.91. The van der Waals surface area contributed by atoms with Crippen LogP contribution in [0.25, 0.3) is 5.65 Å². The number of ether oxygens (including phenoxy) is 1. The maximum atomic E-state index is 13.3. The zero-order chi connectivity index (χ0) is 28.4. The number of aromatic nitrogens is 5. The van der Waals surface area contributed by atoms with Gasteiger partial charge in [0.05, 0.1) is 30.7 Å². The Hall–Kier alpha value is -3.76. The van der Waals surface area contributed by atoms with Crippen molar-refractivity contribution >= 4 is 23.4 Å². The van der Waals surface area contributed by atoms with Crippen LogP contribution in [0.15, 0.2) is 30.6 Å². The molecule has 3 aromatic heterocycles. The summed E-state index contributed by atoms with van der Waals surface area (Å²) in [5.41, 5.74) is 1.18. The number of nitrogens with zero attached hydrogens (tertiary/aromatic N) is 5. The summed E-state index contributed by atoms with van der Waals surface area (Å²) in [6, 6.07) is 5.02. The lowest BCUT2D eigenvalue weighted by molar-refractivity contribution is -0.156. The van der Waals surface area contributed by atoms with Gasteiger partial charge in [0.1, 0.15) is 5.69 Å². The summed E-state index contributed by atoms with van der Waals surface area (Å²) in [6.07, 6.45) is 8.94. The second-order valence-corrected chi connectivity index (χ2v) is 11.3. The van der Waals surface area contributed by atoms with Crippen molar-refractivity contribution in [1.82, 2.24) is 35.0 Å². The highest BCUT2D eigenvalue weighted by molar-refractivity contribution is 6.04. The molecule has 3 aromatic rings. The Morgan fingerprint density at radius 1 is 1.20 bits per heavy atom. The van der Waals surface area contributed by atoms with Crippen LogP contribution in [0.5, 0.6) is 0 Å². The Morgan fingerprint density at radius 2 is 1.98 bits per heavy atom. The van der Waals surface area contributed by atoms with Crippen LogP contribution in [0.1, 0.15) is 87.2 Å². The number of rotatable bonds is 9. The van der Waals surface area contributed by atoms with Crippen LogP contribution in [-0.4, -0.2) is 55.3 Å². The first-order valence-electron chi connectivity index (χ1n) is 14.3. The van der Waals surface area contributed by atoms with Gasteiger partial charge in [0.25, 0.3) is 5.91 Å². The fourth-order valence-electron chi connectivity index (χ4n) is 6.27. The predicted octanol–water partition coefficient (Wildman–Crippen LogP) is 3.24. The van der Waals surface area contributed by atoms with Gasteiger partial charge < -0.3 is 15.4 Å². The smallest absolute Gasteiger partial charge is 0.321 e. The summed E-state index contributed by atoms with van der Waals surface area (Å²) in [4.78, 5) is 44.0. The topological polar surface area (TPSA) is 133 Å². The SMILES string of the molecule is CC[C@@H]1CC(Cc2ccc3nc([C@@H](NC(=O)c4ccnn4CC)[C@H]4CC[C@H](C)CC4)cn3n2)(C(=O)OC)C(=O)N1. The Labute approximate surface area is 234 Å². The first-order chi connectivity index (χ1) is 19.3. The number of imidazole rings is 1. The van der Waals surface area contributed by atoms with Crippen molar-refractivity contribution in [1.29, 1.82) is 0 Å². The average Bonchev–Trinajstić information content (AvgIpc) is 3.69. The number of amides is 2. The van der Waals surface area contributed by atoms with Crippen LogP contribution < -0.4 is 10.6 Å². The molecule has 2 aliphatic rings. The zero-order valence-corrected chi connectivity index (χ0v) is 23.7. The van der Waals surface area contributed by atoms with E-state index in [2.05, 4.69) is 22.7 Å². The monoisotopic (exact) mass is 549 g/mol. The molecule has 1 unspecified atom stereocenters. The molecule has 0 radical (unpaired) electrons. The van der Waals surface area contributed by atoms with E-state index in [9.17, 15) is 14.4 Å². The van der Waals surface area contributed by atoms with Gasteiger partial charge in [0.15, 0.2) is 11.1 Å². The highest BCUT2D eigenvalue weighted by atomic mass is 16.5. The second kappa shape index (κ2) is 11.4. The molecular weight excluding hydrogens is 510 g/mol. The van der Waals surface area contributed by atoms with Crippen LogP contribution in [0.4, 0.5) is 0 Å². The third kappa shape index (κ3) is 5.21. The van der Waals surface area contributed by atoms with Crippen LogP contribution >= 0.6 is 0 Å². The zero-order valence-electron chi connectivity index (χ0n) is 23.7. The quantitative estimate of drug-likeness (QED) is 0.309. The van der Waals surface area contributed by atoms with Gasteiger partial charge in [-0.15, -0.1) is 0 Å². The maximum absolute atomic E-state index is 13.3. The van der Waals surface area contributed by atoms with Gasteiger partial charge in [-0.25, -0.2) is 9.50 Å². The maximum Gasteiger partial charge on any atom is 0.321 e. The predicted molar refractivity (Wildman–Crippen MR) is 147 cm³/mol. The van der Waals surface area contributed by atoms with Crippen LogP contribution in [0, 0.1) is 17.3 Å². The summed E-state index contributed by atoms with van der Waals surface area (Å²) in [6.45, 7) is 6.81. The third-order valence-electron chi connectivity index (χ3n) is 8.70. The molecule has 0 aromatic carbocycles. The molecule has 5 rings (SSSR count). The summed E-state index contributed by atoms with van der Waals surface area (Å²) < 4.78 is 8.43. The van der Waals surface area contributed by atoms with E-state index in [1.54, 1.807) is 27.5 Å². The van der Waals surface area contributed by atoms with E-state index < -0.39 is 11.4 Å². The number of methoxy groups -OCH3 is 1. The van der Waals surface area contributed by atoms with Gasteiger partial charge in [-0.2, -0.15) is 10.2 Å². The van der Waals surface area contributed by atoms with Crippen molar-refractivity contribution < 1.29 is 19.1 Å². The third-order valence-corrected chi connectivity index (χ3v) is 8.70. The minimum atomic E-state index is -1.31. The van der Waals surface area contributed by atoms with E-state index in [0.29, 0.717) is 35.9 Å². The first-order valence-corrected chi connectivity index (χ1v) is 14.3. The number of carbonyl (C=O) groups excluding carboxylic acids is 3. The molecule has 1 saturated carbocycles. The molecule has 0 bridgehead atoms. The standard InChI is InChI=1S/C29H39N7O4/c1-5-20-15-29(27(38)31-20,28(39)40-4)16-21-11-12-24-32-22(17-36(24)34-21)25(19-9-7-18(3)8-10-19)33-26(37)23-13-14-30-35(23)6-2/h11-14,17-20,25H,5-10,15-16H2,1-4H3,(H,31,38)(H,33,37)/t18-,19-,20-,25+,29?/m1/s1. The average molecular weight is 550 g/mol. The number of hydrogen-bond acceptors (Lipinski definition) is 7. The van der Waals surface area contributed by atoms with Crippen LogP contribution in [0.2, 0.25) is 0 Å². The van der Waals surface area contributed by atoms with Gasteiger partial charge in [0, 0.05) is 25.2 Å². The second-order valence-electron chi connectivity index (χ2n) is 11.3. The largest absolute Gasteiger partial charge is 0.468 e. The number of nitrogens with one attached hydrogen (secondary N) is 2. The molecule has 2 amide bonds. The van der Waals surface area contributed by atoms with Gasteiger partial charge in [-0.1, -0.05) is 26.7 Å². The molecule has 4 heterocycles. The fraction of sp³-hybridized carbons (Fsp3) is 0.586. The summed E-state index contributed by atoms with van der Waals surface area (Å²) >= 11 is 0. The minimum absolute atomic E-state index is 0.0817. The lowest BCUT2D eigenvalue weighted by atomic mass is 9.78. The molecule has 3 atom stereocenters. The lowest BCUT2D eigenvalue weighted by Gasteiger charge is -2.32. The molecule has 11 nitrogen and oxygen atoms in total. The Balaban J connectivity index is 1.45. The van der Waals surface area contributed by atoms with Gasteiger partial charge in [-0.3, -0.25) is 19.1 Å². The van der Waals surface area contributed by atoms with Crippen molar-refractivity contribution in [3.05, 3.63) is 47.7 Å². The minimum Gasteiger partial charge on any atom is -0.468 e. The van der Waals surface area contributed by atoms with Crippen molar-refractivity contribution in [3.63, 3.8) is 0 Å². The number of aryl methyl sites for hydroxylation is 1. The van der Waals surface area contributed by atoms with E-state index >= 15 is 0 Å². The van der Waals surface area contributed by atoms with Gasteiger partial charge in [0.2, 0.25) is 5.91 Å². The van der Waals surface area contributed by atoms with Crippen LogP contribution in [0.3, 0.4) is 0 Å². The molecule has 2 N–H and O–H groups in total. The van der Waals surface area contributed by atoms with E-state index in [4.69, 9.17) is 14.8 Å². The molecule has 214 valence electrons. The highest BCUT2D eigenvalue weighted by Crippen LogP contribution is 2.38. The van der Waals surface area contributed by atoms with Crippen molar-refractivity contribution in [2.75, 3.05) is 7.11 Å². The molecule has 1 aliphatic heterocycles. The highest BCUT2D eigenvalue weighted by Gasteiger charge is 2.53. The normalized spacial score (nSPS) is 25.5. The molecule has 40 heavy (non-hydrogen) atoms. The molecule has 1 saturated heterocycles. The van der Waals surface area contributed by atoms with Crippen molar-refractivity contribution in [3.8, 4) is 0 Å². The molecule has 11 heteroatoms. The van der Waals surface area contributed by atoms with Crippen LogP contribution in [-0.2, 0) is 27.3 Å². The molecular formula is C29H39N7O4. The lowest BCUT2D eigenvalue weighted by Crippen LogP contribution is -2.41.